The van der Waals surface area contributed by atoms with E-state index in [0.29, 0.717) is 35.9 Å². The number of carbonyl (C=O) groups excluding carboxylic acids is 1. The second-order valence-electron chi connectivity index (χ2n) is 12.4. The molecule has 1 atom stereocenters. The van der Waals surface area contributed by atoms with Crippen molar-refractivity contribution >= 4 is 5.91 Å². The lowest BCUT2D eigenvalue weighted by Crippen LogP contribution is -2.46. The van der Waals surface area contributed by atoms with E-state index < -0.39 is 5.79 Å². The van der Waals surface area contributed by atoms with Gasteiger partial charge in [0.25, 0.3) is 17.3 Å². The predicted octanol–water partition coefficient (Wildman–Crippen LogP) is 5.17. The van der Waals surface area contributed by atoms with Crippen molar-refractivity contribution in [3.05, 3.63) is 74.5 Å². The maximum absolute atomic E-state index is 14.2. The molecule has 216 valence electrons. The van der Waals surface area contributed by atoms with Crippen molar-refractivity contribution in [2.75, 3.05) is 20.6 Å². The van der Waals surface area contributed by atoms with Crippen molar-refractivity contribution in [3.63, 3.8) is 0 Å². The van der Waals surface area contributed by atoms with E-state index in [1.54, 1.807) is 17.3 Å². The molecule has 3 aliphatic rings. The highest BCUT2D eigenvalue weighted by atomic mass is 16.7. The molecule has 8 nitrogen and oxygen atoms in total. The fourth-order valence-electron chi connectivity index (χ4n) is 7.11. The van der Waals surface area contributed by atoms with Crippen LogP contribution in [0, 0.1) is 26.7 Å². The van der Waals surface area contributed by atoms with Crippen LogP contribution in [0.1, 0.15) is 70.9 Å². The van der Waals surface area contributed by atoms with Crippen LogP contribution < -0.4 is 15.0 Å². The second kappa shape index (κ2) is 10.3. The van der Waals surface area contributed by atoms with E-state index in [0.717, 1.165) is 64.9 Å². The first-order valence-corrected chi connectivity index (χ1v) is 14.7. The van der Waals surface area contributed by atoms with Gasteiger partial charge in [0.15, 0.2) is 11.5 Å². The van der Waals surface area contributed by atoms with Crippen LogP contribution in [0.25, 0.3) is 11.1 Å². The van der Waals surface area contributed by atoms with Gasteiger partial charge < -0.3 is 24.3 Å². The van der Waals surface area contributed by atoms with Crippen LogP contribution in [0.3, 0.4) is 0 Å². The van der Waals surface area contributed by atoms with Gasteiger partial charge in [-0.25, -0.2) is 0 Å². The van der Waals surface area contributed by atoms with Crippen LogP contribution in [-0.4, -0.2) is 58.1 Å². The summed E-state index contributed by atoms with van der Waals surface area (Å²) in [6, 6.07) is 6.47. The zero-order valence-electron chi connectivity index (χ0n) is 25.0. The molecule has 2 aliphatic heterocycles. The molecule has 4 heterocycles. The Labute approximate surface area is 241 Å². The lowest BCUT2D eigenvalue weighted by atomic mass is 9.81. The Hall–Kier alpha value is -3.65. The Morgan fingerprint density at radius 2 is 1.71 bits per heavy atom. The molecule has 0 radical (unpaired) electrons. The molecule has 3 aromatic rings. The lowest BCUT2D eigenvalue weighted by molar-refractivity contribution is -0.123. The zero-order chi connectivity index (χ0) is 29.1. The SMILES string of the molecule is Cc1cc(C)c(CN2CCc3c(c(C)c4c(c3-c3ccncc3)OC(C)(C3CCC(N(C)C)CC3)O4)C2=O)c(=O)[nH]1. The molecule has 1 N–H and O–H groups in total. The number of aromatic nitrogens is 2. The largest absolute Gasteiger partial charge is 0.448 e. The first-order chi connectivity index (χ1) is 19.6. The van der Waals surface area contributed by atoms with Crippen molar-refractivity contribution in [2.45, 2.75) is 78.2 Å². The summed E-state index contributed by atoms with van der Waals surface area (Å²) in [4.78, 5) is 38.2. The number of hydrogen-bond donors (Lipinski definition) is 1. The number of fused-ring (bicyclic) bond motifs is 2. The molecule has 2 aromatic heterocycles. The van der Waals surface area contributed by atoms with Gasteiger partial charge in [-0.15, -0.1) is 0 Å². The Balaban J connectivity index is 1.40. The standard InChI is InChI=1S/C33H40N4O4/c1-19-17-20(2)35-31(38)26(19)18-37-16-13-25-27(32(37)39)21(3)29-30(28(25)22-11-14-34-15-12-22)41-33(4,40-29)23-7-9-24(10-8-23)36(5)6/h11-12,14-15,17,23-24H,7-10,13,16,18H2,1-6H3,(H,35,38). The van der Waals surface area contributed by atoms with E-state index in [1.807, 2.05) is 39.0 Å². The number of carbonyl (C=O) groups is 1. The predicted molar refractivity (Wildman–Crippen MR) is 158 cm³/mol. The van der Waals surface area contributed by atoms with Gasteiger partial charge in [-0.3, -0.25) is 14.6 Å². The van der Waals surface area contributed by atoms with Gasteiger partial charge >= 0.3 is 0 Å². The van der Waals surface area contributed by atoms with E-state index in [4.69, 9.17) is 9.47 Å². The van der Waals surface area contributed by atoms with Crippen molar-refractivity contribution in [3.8, 4) is 22.6 Å². The Bertz CT molecular complexity index is 1560. The van der Waals surface area contributed by atoms with E-state index in [9.17, 15) is 9.59 Å². The van der Waals surface area contributed by atoms with Gasteiger partial charge in [0.2, 0.25) is 0 Å². The average Bonchev–Trinajstić information content (AvgIpc) is 3.31. The summed E-state index contributed by atoms with van der Waals surface area (Å²) in [7, 11) is 4.30. The molecule has 1 saturated carbocycles. The summed E-state index contributed by atoms with van der Waals surface area (Å²) >= 11 is 0. The number of benzene rings is 1. The number of rotatable bonds is 5. The minimum Gasteiger partial charge on any atom is -0.448 e. The highest BCUT2D eigenvalue weighted by Crippen LogP contribution is 2.55. The summed E-state index contributed by atoms with van der Waals surface area (Å²) in [5, 5.41) is 0. The van der Waals surface area contributed by atoms with Crippen LogP contribution in [-0.2, 0) is 13.0 Å². The monoisotopic (exact) mass is 556 g/mol. The number of H-pyrrole nitrogens is 1. The van der Waals surface area contributed by atoms with Crippen LogP contribution in [0.5, 0.6) is 11.5 Å². The lowest BCUT2D eigenvalue weighted by Gasteiger charge is -2.39. The summed E-state index contributed by atoms with van der Waals surface area (Å²) in [5.41, 5.74) is 6.53. The number of aryl methyl sites for hydroxylation is 2. The van der Waals surface area contributed by atoms with Crippen molar-refractivity contribution in [2.24, 2.45) is 5.92 Å². The van der Waals surface area contributed by atoms with Gasteiger partial charge in [0, 0.05) is 60.2 Å². The first kappa shape index (κ1) is 27.5. The molecule has 8 heteroatoms. The quantitative estimate of drug-likeness (QED) is 0.467. The van der Waals surface area contributed by atoms with Crippen LogP contribution in [0.2, 0.25) is 0 Å². The third kappa shape index (κ3) is 4.72. The second-order valence-corrected chi connectivity index (χ2v) is 12.4. The Morgan fingerprint density at radius 3 is 2.37 bits per heavy atom. The highest BCUT2D eigenvalue weighted by molar-refractivity contribution is 6.02. The maximum atomic E-state index is 14.2. The molecule has 1 aliphatic carbocycles. The molecule has 6 rings (SSSR count). The molecule has 1 fully saturated rings. The summed E-state index contributed by atoms with van der Waals surface area (Å²) in [6.45, 7) is 8.61. The Morgan fingerprint density at radius 1 is 1.02 bits per heavy atom. The number of hydrogen-bond acceptors (Lipinski definition) is 6. The van der Waals surface area contributed by atoms with Crippen LogP contribution in [0.4, 0.5) is 0 Å². The topological polar surface area (TPSA) is 87.8 Å². The van der Waals surface area contributed by atoms with Gasteiger partial charge in [-0.05, 0) is 102 Å². The normalized spacial score (nSPS) is 23.7. The van der Waals surface area contributed by atoms with Gasteiger partial charge in [0.05, 0.1) is 12.1 Å². The summed E-state index contributed by atoms with van der Waals surface area (Å²) in [6.07, 6.45) is 8.46. The number of amides is 1. The molecule has 1 unspecified atom stereocenters. The summed E-state index contributed by atoms with van der Waals surface area (Å²) in [5.74, 6) is 0.760. The van der Waals surface area contributed by atoms with E-state index in [1.165, 1.54) is 0 Å². The molecule has 0 spiro atoms. The van der Waals surface area contributed by atoms with Gasteiger partial charge in [-0.2, -0.15) is 0 Å². The molecule has 1 amide bonds. The first-order valence-electron chi connectivity index (χ1n) is 14.7. The summed E-state index contributed by atoms with van der Waals surface area (Å²) < 4.78 is 13.6. The fourth-order valence-corrected chi connectivity index (χ4v) is 7.11. The maximum Gasteiger partial charge on any atom is 0.254 e. The van der Waals surface area contributed by atoms with Crippen LogP contribution >= 0.6 is 0 Å². The number of aromatic amines is 1. The minimum atomic E-state index is -0.800. The van der Waals surface area contributed by atoms with E-state index in [-0.39, 0.29) is 23.9 Å². The van der Waals surface area contributed by atoms with Gasteiger partial charge in [0.1, 0.15) is 0 Å². The number of nitrogens with one attached hydrogen (secondary N) is 1. The zero-order valence-corrected chi connectivity index (χ0v) is 25.0. The molecule has 0 bridgehead atoms. The van der Waals surface area contributed by atoms with Gasteiger partial charge in [-0.1, -0.05) is 0 Å². The van der Waals surface area contributed by atoms with Crippen molar-refractivity contribution < 1.29 is 14.3 Å². The smallest absolute Gasteiger partial charge is 0.254 e. The average molecular weight is 557 g/mol. The highest BCUT2D eigenvalue weighted by Gasteiger charge is 2.49. The van der Waals surface area contributed by atoms with Crippen molar-refractivity contribution in [1.82, 2.24) is 19.8 Å². The molecular weight excluding hydrogens is 516 g/mol. The fraction of sp³-hybridized carbons (Fsp3) is 0.485. The molecule has 0 saturated heterocycles. The number of pyridine rings is 2. The number of nitrogens with zero attached hydrogens (tertiary/aromatic N) is 3. The molecule has 41 heavy (non-hydrogen) atoms. The van der Waals surface area contributed by atoms with Crippen LogP contribution in [0.15, 0.2) is 35.4 Å². The minimum absolute atomic E-state index is 0.0788. The molecular formula is C33H40N4O4. The third-order valence-electron chi connectivity index (χ3n) is 9.48. The molecule has 1 aromatic carbocycles. The van der Waals surface area contributed by atoms with Crippen molar-refractivity contribution in [1.29, 1.82) is 0 Å². The third-order valence-corrected chi connectivity index (χ3v) is 9.48. The Kier molecular flexibility index (Phi) is 6.92. The number of ether oxygens (including phenoxy) is 2. The van der Waals surface area contributed by atoms with E-state index >= 15 is 0 Å². The van der Waals surface area contributed by atoms with E-state index in [2.05, 4.69) is 35.9 Å².